The molecule has 0 aromatic heterocycles. The van der Waals surface area contributed by atoms with Crippen LogP contribution in [0.3, 0.4) is 0 Å². The highest BCUT2D eigenvalue weighted by molar-refractivity contribution is 5.33. The molecule has 1 aliphatic rings. The summed E-state index contributed by atoms with van der Waals surface area (Å²) in [6, 6.07) is 10.2. The van der Waals surface area contributed by atoms with Gasteiger partial charge in [-0.25, -0.2) is 0 Å². The number of benzene rings is 1. The molecule has 0 amide bonds. The van der Waals surface area contributed by atoms with Gasteiger partial charge in [0.25, 0.3) is 0 Å². The van der Waals surface area contributed by atoms with Gasteiger partial charge in [0.1, 0.15) is 0 Å². The zero-order chi connectivity index (χ0) is 11.4. The van der Waals surface area contributed by atoms with Crippen LogP contribution in [0.15, 0.2) is 54.6 Å². The minimum atomic E-state index is -0.684. The lowest BCUT2D eigenvalue weighted by atomic mass is 9.87. The Labute approximate surface area is 96.2 Å². The molecular formula is C14H16O2. The zero-order valence-electron chi connectivity index (χ0n) is 9.59. The fourth-order valence-electron chi connectivity index (χ4n) is 2.08. The molecule has 1 aromatic carbocycles. The summed E-state index contributed by atoms with van der Waals surface area (Å²) in [5.41, 5.74) is 1.19. The van der Waals surface area contributed by atoms with Gasteiger partial charge in [0.05, 0.1) is 5.92 Å². The van der Waals surface area contributed by atoms with Crippen molar-refractivity contribution in [1.82, 2.24) is 0 Å². The lowest BCUT2D eigenvalue weighted by Gasteiger charge is -2.36. The highest BCUT2D eigenvalue weighted by Crippen LogP contribution is 2.36. The molecule has 84 valence electrons. The molecule has 1 aliphatic carbocycles. The molecule has 0 aliphatic heterocycles. The van der Waals surface area contributed by atoms with Crippen LogP contribution in [0.25, 0.3) is 0 Å². The molecule has 0 heterocycles. The Morgan fingerprint density at radius 2 is 1.69 bits per heavy atom. The van der Waals surface area contributed by atoms with E-state index < -0.39 is 5.79 Å². The molecule has 0 saturated heterocycles. The Kier molecular flexibility index (Phi) is 3.22. The maximum Gasteiger partial charge on any atom is 0.198 e. The molecule has 1 atom stereocenters. The molecule has 2 rings (SSSR count). The molecule has 0 N–H and O–H groups in total. The van der Waals surface area contributed by atoms with Gasteiger partial charge >= 0.3 is 0 Å². The number of hydrogen-bond donors (Lipinski definition) is 0. The summed E-state index contributed by atoms with van der Waals surface area (Å²) < 4.78 is 11.1. The molecule has 0 radical (unpaired) electrons. The standard InChI is InChI=1S/C14H16O2/c1-15-14(16-2)11-7-6-10-13(14)12-8-4-3-5-9-12/h3-11,13H,1-2H3. The number of allylic oxidation sites excluding steroid dienone is 2. The Hall–Kier alpha value is -1.38. The average Bonchev–Trinajstić information content (AvgIpc) is 2.39. The van der Waals surface area contributed by atoms with E-state index in [0.29, 0.717) is 0 Å². The summed E-state index contributed by atoms with van der Waals surface area (Å²) in [5.74, 6) is -0.593. The Bertz CT molecular complexity index is 388. The maximum atomic E-state index is 5.53. The average molecular weight is 216 g/mol. The predicted molar refractivity (Wildman–Crippen MR) is 64.2 cm³/mol. The summed E-state index contributed by atoms with van der Waals surface area (Å²) in [6.07, 6.45) is 8.02. The minimum Gasteiger partial charge on any atom is -0.349 e. The maximum absolute atomic E-state index is 5.53. The minimum absolute atomic E-state index is 0.0914. The van der Waals surface area contributed by atoms with Crippen molar-refractivity contribution in [3.8, 4) is 0 Å². The molecule has 0 saturated carbocycles. The van der Waals surface area contributed by atoms with Crippen molar-refractivity contribution in [3.63, 3.8) is 0 Å². The van der Waals surface area contributed by atoms with Crippen LogP contribution >= 0.6 is 0 Å². The third-order valence-corrected chi connectivity index (χ3v) is 2.97. The van der Waals surface area contributed by atoms with Gasteiger partial charge in [-0.1, -0.05) is 48.6 Å². The normalized spacial score (nSPS) is 22.2. The fraction of sp³-hybridized carbons (Fsp3) is 0.286. The van der Waals surface area contributed by atoms with E-state index in [9.17, 15) is 0 Å². The van der Waals surface area contributed by atoms with Crippen LogP contribution in [-0.2, 0) is 9.47 Å². The largest absolute Gasteiger partial charge is 0.349 e. The van der Waals surface area contributed by atoms with E-state index in [1.165, 1.54) is 5.56 Å². The van der Waals surface area contributed by atoms with Crippen molar-refractivity contribution in [2.75, 3.05) is 14.2 Å². The van der Waals surface area contributed by atoms with Gasteiger partial charge in [0.15, 0.2) is 5.79 Å². The Morgan fingerprint density at radius 3 is 2.31 bits per heavy atom. The summed E-state index contributed by atoms with van der Waals surface area (Å²) >= 11 is 0. The summed E-state index contributed by atoms with van der Waals surface area (Å²) in [6.45, 7) is 0. The monoisotopic (exact) mass is 216 g/mol. The molecule has 0 spiro atoms. The molecule has 2 nitrogen and oxygen atoms in total. The van der Waals surface area contributed by atoms with Crippen molar-refractivity contribution >= 4 is 0 Å². The lowest BCUT2D eigenvalue weighted by molar-refractivity contribution is -0.178. The number of rotatable bonds is 3. The van der Waals surface area contributed by atoms with Crippen LogP contribution in [0, 0.1) is 0 Å². The van der Waals surface area contributed by atoms with E-state index in [4.69, 9.17) is 9.47 Å². The molecule has 0 fully saturated rings. The Balaban J connectivity index is 2.39. The SMILES string of the molecule is COC1(OC)C=CC=CC1c1ccccc1. The van der Waals surface area contributed by atoms with Crippen LogP contribution in [-0.4, -0.2) is 20.0 Å². The summed E-state index contributed by atoms with van der Waals surface area (Å²) in [4.78, 5) is 0. The number of ether oxygens (including phenoxy) is 2. The topological polar surface area (TPSA) is 18.5 Å². The second-order valence-electron chi connectivity index (χ2n) is 3.76. The van der Waals surface area contributed by atoms with Crippen molar-refractivity contribution in [3.05, 3.63) is 60.2 Å². The Morgan fingerprint density at radius 1 is 1.00 bits per heavy atom. The van der Waals surface area contributed by atoms with Crippen molar-refractivity contribution < 1.29 is 9.47 Å². The quantitative estimate of drug-likeness (QED) is 0.723. The van der Waals surface area contributed by atoms with Gasteiger partial charge in [-0.2, -0.15) is 0 Å². The zero-order valence-corrected chi connectivity index (χ0v) is 9.59. The molecule has 1 unspecified atom stereocenters. The van der Waals surface area contributed by atoms with Crippen LogP contribution in [0.1, 0.15) is 11.5 Å². The van der Waals surface area contributed by atoms with Gasteiger partial charge in [-0.05, 0) is 11.6 Å². The number of hydrogen-bond acceptors (Lipinski definition) is 2. The van der Waals surface area contributed by atoms with Crippen LogP contribution in [0.5, 0.6) is 0 Å². The van der Waals surface area contributed by atoms with Gasteiger partial charge in [0.2, 0.25) is 0 Å². The number of methoxy groups -OCH3 is 2. The van der Waals surface area contributed by atoms with Gasteiger partial charge in [-0.3, -0.25) is 0 Å². The van der Waals surface area contributed by atoms with Crippen LogP contribution in [0.4, 0.5) is 0 Å². The highest BCUT2D eigenvalue weighted by atomic mass is 16.7. The molecule has 1 aromatic rings. The third-order valence-electron chi connectivity index (χ3n) is 2.97. The molecule has 0 bridgehead atoms. The van der Waals surface area contributed by atoms with E-state index in [2.05, 4.69) is 18.2 Å². The lowest BCUT2D eigenvalue weighted by Crippen LogP contribution is -2.38. The van der Waals surface area contributed by atoms with Gasteiger partial charge < -0.3 is 9.47 Å². The molecule has 2 heteroatoms. The predicted octanol–water partition coefficient (Wildman–Crippen LogP) is 2.89. The first-order valence-electron chi connectivity index (χ1n) is 5.33. The van der Waals surface area contributed by atoms with Crippen LogP contribution < -0.4 is 0 Å². The summed E-state index contributed by atoms with van der Waals surface area (Å²) in [7, 11) is 3.34. The first-order valence-corrected chi connectivity index (χ1v) is 5.33. The smallest absolute Gasteiger partial charge is 0.198 e. The van der Waals surface area contributed by atoms with Crippen LogP contribution in [0.2, 0.25) is 0 Å². The highest BCUT2D eigenvalue weighted by Gasteiger charge is 2.37. The van der Waals surface area contributed by atoms with Crippen molar-refractivity contribution in [1.29, 1.82) is 0 Å². The van der Waals surface area contributed by atoms with E-state index in [1.54, 1.807) is 14.2 Å². The van der Waals surface area contributed by atoms with E-state index in [-0.39, 0.29) is 5.92 Å². The van der Waals surface area contributed by atoms with Gasteiger partial charge in [0, 0.05) is 14.2 Å². The van der Waals surface area contributed by atoms with Crippen molar-refractivity contribution in [2.45, 2.75) is 11.7 Å². The first kappa shape index (κ1) is 11.1. The fourth-order valence-corrected chi connectivity index (χ4v) is 2.08. The van der Waals surface area contributed by atoms with E-state index >= 15 is 0 Å². The van der Waals surface area contributed by atoms with Crippen molar-refractivity contribution in [2.24, 2.45) is 0 Å². The van der Waals surface area contributed by atoms with E-state index in [1.807, 2.05) is 36.4 Å². The van der Waals surface area contributed by atoms with E-state index in [0.717, 1.165) is 0 Å². The second-order valence-corrected chi connectivity index (χ2v) is 3.76. The third kappa shape index (κ3) is 1.82. The molecule has 16 heavy (non-hydrogen) atoms. The first-order chi connectivity index (χ1) is 7.82. The van der Waals surface area contributed by atoms with Gasteiger partial charge in [-0.15, -0.1) is 0 Å². The second kappa shape index (κ2) is 4.64. The molecular weight excluding hydrogens is 200 g/mol. The summed E-state index contributed by atoms with van der Waals surface area (Å²) in [5, 5.41) is 0.